The van der Waals surface area contributed by atoms with E-state index in [-0.39, 0.29) is 6.04 Å². The third-order valence-corrected chi connectivity index (χ3v) is 4.29. The maximum Gasteiger partial charge on any atom is 0.164 e. The van der Waals surface area contributed by atoms with Crippen molar-refractivity contribution in [3.63, 3.8) is 0 Å². The molecular formula is C16H16BrF2N. The van der Waals surface area contributed by atoms with E-state index in [1.54, 1.807) is 26.1 Å². The molecule has 0 aliphatic rings. The van der Waals surface area contributed by atoms with Crippen LogP contribution in [0.5, 0.6) is 0 Å². The van der Waals surface area contributed by atoms with Gasteiger partial charge in [0.2, 0.25) is 0 Å². The van der Waals surface area contributed by atoms with E-state index in [0.29, 0.717) is 11.1 Å². The first kappa shape index (κ1) is 15.1. The summed E-state index contributed by atoms with van der Waals surface area (Å²) < 4.78 is 28.8. The van der Waals surface area contributed by atoms with E-state index in [9.17, 15) is 8.78 Å². The number of halogens is 3. The van der Waals surface area contributed by atoms with Crippen molar-refractivity contribution in [2.75, 3.05) is 7.05 Å². The lowest BCUT2D eigenvalue weighted by atomic mass is 9.96. The molecule has 1 nitrogen and oxygen atoms in total. The maximum atomic E-state index is 14.1. The van der Waals surface area contributed by atoms with Crippen LogP contribution >= 0.6 is 15.9 Å². The average Bonchev–Trinajstić information content (AvgIpc) is 2.43. The molecule has 2 aromatic carbocycles. The summed E-state index contributed by atoms with van der Waals surface area (Å²) in [5, 5.41) is 3.04. The molecule has 2 aromatic rings. The Bertz CT molecular complexity index is 641. The first-order valence-corrected chi connectivity index (χ1v) is 7.12. The number of rotatable bonds is 3. The predicted octanol–water partition coefficient (Wildman–Crippen LogP) is 4.65. The maximum absolute atomic E-state index is 14.1. The molecule has 0 saturated carbocycles. The highest BCUT2D eigenvalue weighted by atomic mass is 79.9. The van der Waals surface area contributed by atoms with E-state index in [0.717, 1.165) is 15.6 Å². The molecule has 0 bridgehead atoms. The minimum absolute atomic E-state index is 0.311. The molecule has 0 fully saturated rings. The highest BCUT2D eigenvalue weighted by Gasteiger charge is 2.20. The zero-order chi connectivity index (χ0) is 14.9. The standard InChI is InChI=1S/C16H16BrF2N/c1-9-4-6-11(8-13(9)17)16(20-3)12-7-5-10(2)14(18)15(12)19/h4-8,16,20H,1-3H3. The Morgan fingerprint density at radius 3 is 2.25 bits per heavy atom. The Hall–Kier alpha value is -1.26. The van der Waals surface area contributed by atoms with Crippen molar-refractivity contribution in [3.8, 4) is 0 Å². The molecule has 0 aromatic heterocycles. The highest BCUT2D eigenvalue weighted by molar-refractivity contribution is 9.10. The van der Waals surface area contributed by atoms with Crippen molar-refractivity contribution in [2.45, 2.75) is 19.9 Å². The molecule has 0 aliphatic heterocycles. The third kappa shape index (κ3) is 2.76. The van der Waals surface area contributed by atoms with Crippen LogP contribution in [0.25, 0.3) is 0 Å². The van der Waals surface area contributed by atoms with E-state index in [1.165, 1.54) is 0 Å². The first-order chi connectivity index (χ1) is 9.45. The van der Waals surface area contributed by atoms with E-state index in [1.807, 2.05) is 25.1 Å². The van der Waals surface area contributed by atoms with Crippen LogP contribution in [0.4, 0.5) is 8.78 Å². The van der Waals surface area contributed by atoms with Crippen LogP contribution in [0, 0.1) is 25.5 Å². The van der Waals surface area contributed by atoms with Gasteiger partial charge >= 0.3 is 0 Å². The van der Waals surface area contributed by atoms with Crippen molar-refractivity contribution in [2.24, 2.45) is 0 Å². The second kappa shape index (κ2) is 6.02. The molecule has 2 rings (SSSR count). The molecule has 1 unspecified atom stereocenters. The summed E-state index contributed by atoms with van der Waals surface area (Å²) in [4.78, 5) is 0. The summed E-state index contributed by atoms with van der Waals surface area (Å²) in [6, 6.07) is 8.63. The summed E-state index contributed by atoms with van der Waals surface area (Å²) in [5.74, 6) is -1.57. The molecular weight excluding hydrogens is 324 g/mol. The van der Waals surface area contributed by atoms with Crippen molar-refractivity contribution in [3.05, 3.63) is 68.7 Å². The zero-order valence-electron chi connectivity index (χ0n) is 11.6. The van der Waals surface area contributed by atoms with Gasteiger partial charge in [-0.15, -0.1) is 0 Å². The summed E-state index contributed by atoms with van der Waals surface area (Å²) in [5.41, 5.74) is 2.60. The summed E-state index contributed by atoms with van der Waals surface area (Å²) in [6.45, 7) is 3.54. The lowest BCUT2D eigenvalue weighted by molar-refractivity contribution is 0.482. The Morgan fingerprint density at radius 2 is 1.65 bits per heavy atom. The van der Waals surface area contributed by atoms with Crippen LogP contribution in [-0.2, 0) is 0 Å². The van der Waals surface area contributed by atoms with Gasteiger partial charge in [0.1, 0.15) is 0 Å². The number of nitrogens with one attached hydrogen (secondary N) is 1. The van der Waals surface area contributed by atoms with Crippen LogP contribution < -0.4 is 5.32 Å². The lowest BCUT2D eigenvalue weighted by Crippen LogP contribution is -2.19. The molecule has 0 aliphatic carbocycles. The lowest BCUT2D eigenvalue weighted by Gasteiger charge is -2.19. The van der Waals surface area contributed by atoms with Gasteiger partial charge in [0, 0.05) is 10.0 Å². The Labute approximate surface area is 126 Å². The smallest absolute Gasteiger partial charge is 0.164 e. The van der Waals surface area contributed by atoms with Gasteiger partial charge in [0.25, 0.3) is 0 Å². The van der Waals surface area contributed by atoms with Crippen molar-refractivity contribution < 1.29 is 8.78 Å². The van der Waals surface area contributed by atoms with Gasteiger partial charge in [-0.05, 0) is 43.7 Å². The Balaban J connectivity index is 2.52. The monoisotopic (exact) mass is 339 g/mol. The summed E-state index contributed by atoms with van der Waals surface area (Å²) in [6.07, 6.45) is 0. The first-order valence-electron chi connectivity index (χ1n) is 6.33. The molecule has 0 amide bonds. The van der Waals surface area contributed by atoms with Gasteiger partial charge in [-0.25, -0.2) is 8.78 Å². The fourth-order valence-corrected chi connectivity index (χ4v) is 2.57. The van der Waals surface area contributed by atoms with Crippen molar-refractivity contribution in [1.82, 2.24) is 5.32 Å². The number of aryl methyl sites for hydroxylation is 2. The third-order valence-electron chi connectivity index (χ3n) is 3.43. The topological polar surface area (TPSA) is 12.0 Å². The second-order valence-corrected chi connectivity index (χ2v) is 5.68. The Kier molecular flexibility index (Phi) is 4.55. The SMILES string of the molecule is CNC(c1ccc(C)c(Br)c1)c1ccc(C)c(F)c1F. The van der Waals surface area contributed by atoms with Gasteiger partial charge < -0.3 is 5.32 Å². The molecule has 4 heteroatoms. The molecule has 0 spiro atoms. The quantitative estimate of drug-likeness (QED) is 0.857. The summed E-state index contributed by atoms with van der Waals surface area (Å²) in [7, 11) is 1.73. The van der Waals surface area contributed by atoms with Crippen molar-refractivity contribution >= 4 is 15.9 Å². The van der Waals surface area contributed by atoms with Crippen LogP contribution in [-0.4, -0.2) is 7.05 Å². The second-order valence-electron chi connectivity index (χ2n) is 4.83. The number of benzene rings is 2. The van der Waals surface area contributed by atoms with Gasteiger partial charge in [-0.1, -0.05) is 40.2 Å². The minimum Gasteiger partial charge on any atom is -0.309 e. The molecule has 0 radical (unpaired) electrons. The van der Waals surface area contributed by atoms with E-state index < -0.39 is 11.6 Å². The fraction of sp³-hybridized carbons (Fsp3) is 0.250. The van der Waals surface area contributed by atoms with Gasteiger partial charge in [-0.2, -0.15) is 0 Å². The minimum atomic E-state index is -0.791. The van der Waals surface area contributed by atoms with Crippen molar-refractivity contribution in [1.29, 1.82) is 0 Å². The van der Waals surface area contributed by atoms with E-state index in [2.05, 4.69) is 21.2 Å². The van der Waals surface area contributed by atoms with Gasteiger partial charge in [0.15, 0.2) is 11.6 Å². The Morgan fingerprint density at radius 1 is 1.00 bits per heavy atom. The number of hydrogen-bond donors (Lipinski definition) is 1. The molecule has 0 heterocycles. The average molecular weight is 340 g/mol. The fourth-order valence-electron chi connectivity index (χ4n) is 2.17. The van der Waals surface area contributed by atoms with Crippen LogP contribution in [0.2, 0.25) is 0 Å². The summed E-state index contributed by atoms with van der Waals surface area (Å²) >= 11 is 3.47. The normalized spacial score (nSPS) is 12.5. The predicted molar refractivity (Wildman–Crippen MR) is 80.9 cm³/mol. The van der Waals surface area contributed by atoms with Gasteiger partial charge in [0.05, 0.1) is 6.04 Å². The van der Waals surface area contributed by atoms with E-state index >= 15 is 0 Å². The zero-order valence-corrected chi connectivity index (χ0v) is 13.2. The van der Waals surface area contributed by atoms with Gasteiger partial charge in [-0.3, -0.25) is 0 Å². The van der Waals surface area contributed by atoms with Crippen LogP contribution in [0.1, 0.15) is 28.3 Å². The van der Waals surface area contributed by atoms with Crippen LogP contribution in [0.15, 0.2) is 34.8 Å². The molecule has 20 heavy (non-hydrogen) atoms. The largest absolute Gasteiger partial charge is 0.309 e. The number of hydrogen-bond acceptors (Lipinski definition) is 1. The molecule has 106 valence electrons. The molecule has 0 saturated heterocycles. The molecule has 1 atom stereocenters. The van der Waals surface area contributed by atoms with E-state index in [4.69, 9.17) is 0 Å². The van der Waals surface area contributed by atoms with Crippen LogP contribution in [0.3, 0.4) is 0 Å². The molecule has 1 N–H and O–H groups in total. The highest BCUT2D eigenvalue weighted by Crippen LogP contribution is 2.29.